The summed E-state index contributed by atoms with van der Waals surface area (Å²) < 4.78 is 14.1. The van der Waals surface area contributed by atoms with E-state index in [0.29, 0.717) is 18.7 Å². The first kappa shape index (κ1) is 17.4. The zero-order valence-electron chi connectivity index (χ0n) is 13.4. The monoisotopic (exact) mass is 295 g/mol. The van der Waals surface area contributed by atoms with Crippen molar-refractivity contribution in [3.8, 4) is 0 Å². The van der Waals surface area contributed by atoms with Gasteiger partial charge in [0.05, 0.1) is 6.54 Å². The van der Waals surface area contributed by atoms with E-state index in [4.69, 9.17) is 0 Å². The van der Waals surface area contributed by atoms with Gasteiger partial charge in [0.15, 0.2) is 0 Å². The molecule has 0 fully saturated rings. The minimum atomic E-state index is -0.230. The summed E-state index contributed by atoms with van der Waals surface area (Å²) in [6.45, 7) is 6.27. The summed E-state index contributed by atoms with van der Waals surface area (Å²) >= 11 is 0. The van der Waals surface area contributed by atoms with Gasteiger partial charge in [-0.3, -0.25) is 4.79 Å². The number of likely N-dealkylation sites (N-methyl/N-ethyl adjacent to an activating group) is 2. The number of carbonyl (C=O) groups is 1. The second kappa shape index (κ2) is 8.62. The van der Waals surface area contributed by atoms with Gasteiger partial charge in [-0.1, -0.05) is 13.0 Å². The Morgan fingerprint density at radius 1 is 1.29 bits per heavy atom. The molecule has 0 saturated carbocycles. The van der Waals surface area contributed by atoms with E-state index in [0.717, 1.165) is 18.7 Å². The summed E-state index contributed by atoms with van der Waals surface area (Å²) in [6, 6.07) is 5.03. The van der Waals surface area contributed by atoms with Gasteiger partial charge < -0.3 is 15.1 Å². The predicted octanol–water partition coefficient (Wildman–Crippen LogP) is 2.24. The number of rotatable bonds is 8. The Labute approximate surface area is 126 Å². The molecular weight excluding hydrogens is 269 g/mol. The van der Waals surface area contributed by atoms with Crippen molar-refractivity contribution in [2.24, 2.45) is 0 Å². The van der Waals surface area contributed by atoms with Crippen LogP contribution in [0, 0.1) is 5.82 Å². The molecular formula is C16H26FN3O. The summed E-state index contributed by atoms with van der Waals surface area (Å²) in [5.74, 6) is -0.222. The first-order valence-corrected chi connectivity index (χ1v) is 7.44. The van der Waals surface area contributed by atoms with Gasteiger partial charge in [-0.15, -0.1) is 0 Å². The maximum Gasteiger partial charge on any atom is 0.241 e. The van der Waals surface area contributed by atoms with Crippen LogP contribution in [0.5, 0.6) is 0 Å². The van der Waals surface area contributed by atoms with Crippen LogP contribution >= 0.6 is 0 Å². The molecule has 0 unspecified atom stereocenters. The third-order valence-corrected chi connectivity index (χ3v) is 3.37. The van der Waals surface area contributed by atoms with Crippen molar-refractivity contribution < 1.29 is 9.18 Å². The second-order valence-corrected chi connectivity index (χ2v) is 5.22. The molecule has 0 heterocycles. The number of nitrogens with one attached hydrogen (secondary N) is 1. The molecule has 1 amide bonds. The number of hydrogen-bond donors (Lipinski definition) is 1. The van der Waals surface area contributed by atoms with Crippen molar-refractivity contribution in [1.29, 1.82) is 0 Å². The molecule has 1 aromatic rings. The molecule has 1 rings (SSSR count). The Kier molecular flexibility index (Phi) is 7.15. The summed E-state index contributed by atoms with van der Waals surface area (Å²) in [4.78, 5) is 15.4. The minimum absolute atomic E-state index is 0.00794. The summed E-state index contributed by atoms with van der Waals surface area (Å²) in [6.07, 6.45) is 1.00. The highest BCUT2D eigenvalue weighted by Gasteiger charge is 2.16. The Morgan fingerprint density at radius 2 is 2.00 bits per heavy atom. The van der Waals surface area contributed by atoms with Crippen LogP contribution in [0.15, 0.2) is 18.2 Å². The number of amides is 1. The van der Waals surface area contributed by atoms with E-state index in [9.17, 15) is 9.18 Å². The topological polar surface area (TPSA) is 35.6 Å². The first-order chi connectivity index (χ1) is 10.0. The van der Waals surface area contributed by atoms with Gasteiger partial charge in [-0.25, -0.2) is 4.39 Å². The van der Waals surface area contributed by atoms with E-state index in [-0.39, 0.29) is 18.3 Å². The van der Waals surface area contributed by atoms with Crippen molar-refractivity contribution in [2.75, 3.05) is 38.6 Å². The molecule has 118 valence electrons. The number of benzene rings is 1. The Morgan fingerprint density at radius 3 is 2.57 bits per heavy atom. The van der Waals surface area contributed by atoms with Gasteiger partial charge in [0.25, 0.3) is 0 Å². The molecule has 0 aliphatic rings. The van der Waals surface area contributed by atoms with Gasteiger partial charge in [0.1, 0.15) is 5.82 Å². The fraction of sp³-hybridized carbons (Fsp3) is 0.562. The van der Waals surface area contributed by atoms with Gasteiger partial charge in [0.2, 0.25) is 5.91 Å². The van der Waals surface area contributed by atoms with Gasteiger partial charge in [-0.05, 0) is 32.0 Å². The molecule has 0 aromatic heterocycles. The maximum absolute atomic E-state index is 14.1. The van der Waals surface area contributed by atoms with E-state index in [2.05, 4.69) is 12.2 Å². The second-order valence-electron chi connectivity index (χ2n) is 5.22. The van der Waals surface area contributed by atoms with Crippen LogP contribution in [0.4, 0.5) is 10.1 Å². The van der Waals surface area contributed by atoms with Gasteiger partial charge in [-0.2, -0.15) is 0 Å². The van der Waals surface area contributed by atoms with E-state index < -0.39 is 0 Å². The van der Waals surface area contributed by atoms with E-state index in [1.165, 1.54) is 6.07 Å². The van der Waals surface area contributed by atoms with Crippen LogP contribution in [0.2, 0.25) is 0 Å². The summed E-state index contributed by atoms with van der Waals surface area (Å²) in [5.41, 5.74) is 1.41. The third kappa shape index (κ3) is 5.01. The predicted molar refractivity (Wildman–Crippen MR) is 85.0 cm³/mol. The van der Waals surface area contributed by atoms with Crippen LogP contribution < -0.4 is 10.2 Å². The zero-order valence-corrected chi connectivity index (χ0v) is 13.4. The third-order valence-electron chi connectivity index (χ3n) is 3.37. The standard InChI is InChI=1S/C16H26FN3O/c1-5-10-18-11-13-14(17)8-7-9-15(13)20(6-2)12-16(21)19(3)4/h7-9,18H,5-6,10-12H2,1-4H3. The SMILES string of the molecule is CCCNCc1c(F)cccc1N(CC)CC(=O)N(C)C. The normalized spacial score (nSPS) is 10.5. The molecule has 0 aliphatic heterocycles. The molecule has 0 spiro atoms. The number of hydrogen-bond acceptors (Lipinski definition) is 3. The zero-order chi connectivity index (χ0) is 15.8. The van der Waals surface area contributed by atoms with E-state index in [1.54, 1.807) is 25.1 Å². The molecule has 0 bridgehead atoms. The molecule has 0 aliphatic carbocycles. The average Bonchev–Trinajstić information content (AvgIpc) is 2.46. The first-order valence-electron chi connectivity index (χ1n) is 7.44. The molecule has 1 N–H and O–H groups in total. The Bertz CT molecular complexity index is 463. The van der Waals surface area contributed by atoms with Crippen LogP contribution in [0.1, 0.15) is 25.8 Å². The maximum atomic E-state index is 14.1. The van der Waals surface area contributed by atoms with Crippen molar-refractivity contribution in [3.05, 3.63) is 29.6 Å². The lowest BCUT2D eigenvalue weighted by Gasteiger charge is -2.27. The van der Waals surface area contributed by atoms with Crippen molar-refractivity contribution in [1.82, 2.24) is 10.2 Å². The smallest absolute Gasteiger partial charge is 0.241 e. The van der Waals surface area contributed by atoms with Crippen LogP contribution in [0.25, 0.3) is 0 Å². The fourth-order valence-electron chi connectivity index (χ4n) is 2.08. The summed E-state index contributed by atoms with van der Waals surface area (Å²) in [7, 11) is 3.46. The Hall–Kier alpha value is -1.62. The number of anilines is 1. The number of nitrogens with zero attached hydrogens (tertiary/aromatic N) is 2. The molecule has 4 nitrogen and oxygen atoms in total. The van der Waals surface area contributed by atoms with Gasteiger partial charge >= 0.3 is 0 Å². The lowest BCUT2D eigenvalue weighted by atomic mass is 10.1. The molecule has 21 heavy (non-hydrogen) atoms. The molecule has 0 atom stereocenters. The molecule has 5 heteroatoms. The van der Waals surface area contributed by atoms with E-state index in [1.807, 2.05) is 17.9 Å². The number of halogens is 1. The number of carbonyl (C=O) groups excluding carboxylic acids is 1. The quantitative estimate of drug-likeness (QED) is 0.747. The lowest BCUT2D eigenvalue weighted by molar-refractivity contribution is -0.127. The molecule has 0 saturated heterocycles. The van der Waals surface area contributed by atoms with E-state index >= 15 is 0 Å². The van der Waals surface area contributed by atoms with Crippen molar-refractivity contribution in [3.63, 3.8) is 0 Å². The largest absolute Gasteiger partial charge is 0.362 e. The molecule has 1 aromatic carbocycles. The average molecular weight is 295 g/mol. The fourth-order valence-corrected chi connectivity index (χ4v) is 2.08. The highest BCUT2D eigenvalue weighted by Crippen LogP contribution is 2.23. The minimum Gasteiger partial charge on any atom is -0.362 e. The van der Waals surface area contributed by atoms with Gasteiger partial charge in [0, 0.05) is 38.4 Å². The summed E-state index contributed by atoms with van der Waals surface area (Å²) in [5, 5.41) is 3.23. The highest BCUT2D eigenvalue weighted by atomic mass is 19.1. The van der Waals surface area contributed by atoms with Crippen LogP contribution in [0.3, 0.4) is 0 Å². The molecule has 0 radical (unpaired) electrons. The Balaban J connectivity index is 2.97. The lowest BCUT2D eigenvalue weighted by Crippen LogP contribution is -2.37. The highest BCUT2D eigenvalue weighted by molar-refractivity contribution is 5.81. The van der Waals surface area contributed by atoms with Crippen molar-refractivity contribution >= 4 is 11.6 Å². The van der Waals surface area contributed by atoms with Crippen molar-refractivity contribution in [2.45, 2.75) is 26.8 Å². The van der Waals surface area contributed by atoms with Crippen LogP contribution in [-0.2, 0) is 11.3 Å². The van der Waals surface area contributed by atoms with Crippen LogP contribution in [-0.4, -0.2) is 44.5 Å².